The quantitative estimate of drug-likeness (QED) is 0.403. The van der Waals surface area contributed by atoms with Crippen LogP contribution in [-0.4, -0.2) is 39.8 Å². The van der Waals surface area contributed by atoms with E-state index < -0.39 is 0 Å². The molecule has 9 nitrogen and oxygen atoms in total. The third-order valence-corrected chi connectivity index (χ3v) is 6.09. The number of rotatable bonds is 7. The summed E-state index contributed by atoms with van der Waals surface area (Å²) < 4.78 is 3.00. The summed E-state index contributed by atoms with van der Waals surface area (Å²) in [5.41, 5.74) is 6.70. The number of nitrogens with zero attached hydrogens (tertiary/aromatic N) is 7. The standard InChI is InChI=1S/C25H26N8O/c1-4-5-10-22-21(24-29-32(3)25(34)33(24)16(2)26-22)15-17-11-13-18(14-12-17)19-8-6-7-9-20(19)23-27-30-31-28-23/h6-9,11-14H,4-5,10,15H2,1-3H3,(H,27,28,30,31). The fraction of sp³-hybridized carbons (Fsp3) is 0.280. The molecule has 0 aliphatic carbocycles. The van der Waals surface area contributed by atoms with Gasteiger partial charge in [-0.1, -0.05) is 61.9 Å². The van der Waals surface area contributed by atoms with E-state index in [0.29, 0.717) is 23.7 Å². The van der Waals surface area contributed by atoms with Crippen molar-refractivity contribution in [2.24, 2.45) is 7.05 Å². The number of unbranched alkanes of at least 4 members (excludes halogenated alkanes) is 1. The molecule has 0 unspecified atom stereocenters. The van der Waals surface area contributed by atoms with Crippen molar-refractivity contribution in [1.29, 1.82) is 0 Å². The lowest BCUT2D eigenvalue weighted by Crippen LogP contribution is -2.20. The number of H-pyrrole nitrogens is 1. The second-order valence-corrected chi connectivity index (χ2v) is 8.41. The van der Waals surface area contributed by atoms with E-state index >= 15 is 0 Å². The molecular weight excluding hydrogens is 428 g/mol. The van der Waals surface area contributed by atoms with Gasteiger partial charge in [0.25, 0.3) is 0 Å². The van der Waals surface area contributed by atoms with Gasteiger partial charge in [-0.05, 0) is 41.7 Å². The normalized spacial score (nSPS) is 11.4. The van der Waals surface area contributed by atoms with Gasteiger partial charge in [0, 0.05) is 30.3 Å². The van der Waals surface area contributed by atoms with E-state index in [2.05, 4.69) is 63.0 Å². The number of tetrazole rings is 1. The maximum atomic E-state index is 12.6. The topological polar surface area (TPSA) is 107 Å². The van der Waals surface area contributed by atoms with E-state index in [1.165, 1.54) is 4.68 Å². The lowest BCUT2D eigenvalue weighted by molar-refractivity contribution is 0.726. The van der Waals surface area contributed by atoms with Gasteiger partial charge in [-0.3, -0.25) is 0 Å². The molecule has 2 aromatic carbocycles. The zero-order valence-electron chi connectivity index (χ0n) is 19.5. The van der Waals surface area contributed by atoms with Gasteiger partial charge in [0.2, 0.25) is 5.82 Å². The molecule has 3 heterocycles. The Morgan fingerprint density at radius 3 is 2.50 bits per heavy atom. The van der Waals surface area contributed by atoms with Crippen LogP contribution >= 0.6 is 0 Å². The van der Waals surface area contributed by atoms with Crippen LogP contribution in [0.15, 0.2) is 53.3 Å². The summed E-state index contributed by atoms with van der Waals surface area (Å²) in [6.07, 6.45) is 3.64. The van der Waals surface area contributed by atoms with Gasteiger partial charge in [-0.25, -0.2) is 18.9 Å². The van der Waals surface area contributed by atoms with Crippen LogP contribution in [0.25, 0.3) is 28.2 Å². The molecule has 0 atom stereocenters. The second-order valence-electron chi connectivity index (χ2n) is 8.41. The summed E-state index contributed by atoms with van der Waals surface area (Å²) >= 11 is 0. The highest BCUT2D eigenvalue weighted by Gasteiger charge is 2.18. The molecule has 0 bridgehead atoms. The lowest BCUT2D eigenvalue weighted by atomic mass is 9.96. The van der Waals surface area contributed by atoms with Crippen LogP contribution in [0.3, 0.4) is 0 Å². The van der Waals surface area contributed by atoms with Crippen molar-refractivity contribution >= 4 is 5.65 Å². The van der Waals surface area contributed by atoms with Crippen LogP contribution in [0.2, 0.25) is 0 Å². The molecule has 172 valence electrons. The van der Waals surface area contributed by atoms with Crippen molar-refractivity contribution in [2.75, 3.05) is 0 Å². The van der Waals surface area contributed by atoms with Gasteiger partial charge in [0.1, 0.15) is 5.82 Å². The summed E-state index contributed by atoms with van der Waals surface area (Å²) in [7, 11) is 1.68. The highest BCUT2D eigenvalue weighted by molar-refractivity contribution is 5.80. The third-order valence-electron chi connectivity index (χ3n) is 6.09. The Morgan fingerprint density at radius 2 is 1.79 bits per heavy atom. The number of nitrogens with one attached hydrogen (secondary N) is 1. The Morgan fingerprint density at radius 1 is 1.03 bits per heavy atom. The smallest absolute Gasteiger partial charge is 0.246 e. The minimum atomic E-state index is -0.170. The number of fused-ring (bicyclic) bond motifs is 1. The van der Waals surface area contributed by atoms with Crippen LogP contribution < -0.4 is 5.69 Å². The Kier molecular flexibility index (Phi) is 5.75. The molecule has 0 radical (unpaired) electrons. The summed E-state index contributed by atoms with van der Waals surface area (Å²) in [6, 6.07) is 16.4. The van der Waals surface area contributed by atoms with Crippen molar-refractivity contribution in [3.63, 3.8) is 0 Å². The summed E-state index contributed by atoms with van der Waals surface area (Å²) in [5.74, 6) is 1.24. The maximum Gasteiger partial charge on any atom is 0.351 e. The van der Waals surface area contributed by atoms with Crippen molar-refractivity contribution in [1.82, 2.24) is 39.8 Å². The lowest BCUT2D eigenvalue weighted by Gasteiger charge is -2.12. The molecule has 0 saturated carbocycles. The van der Waals surface area contributed by atoms with Gasteiger partial charge < -0.3 is 0 Å². The predicted molar refractivity (Wildman–Crippen MR) is 129 cm³/mol. The number of hydrogen-bond acceptors (Lipinski definition) is 6. The number of benzene rings is 2. The molecule has 9 heteroatoms. The molecule has 0 fully saturated rings. The highest BCUT2D eigenvalue weighted by atomic mass is 16.2. The Labute approximate surface area is 196 Å². The van der Waals surface area contributed by atoms with E-state index in [1.807, 2.05) is 25.1 Å². The summed E-state index contributed by atoms with van der Waals surface area (Å²) in [5, 5.41) is 19.0. The highest BCUT2D eigenvalue weighted by Crippen LogP contribution is 2.30. The summed E-state index contributed by atoms with van der Waals surface area (Å²) in [6.45, 7) is 4.03. The first-order chi connectivity index (χ1) is 16.6. The van der Waals surface area contributed by atoms with Crippen LogP contribution in [0.4, 0.5) is 0 Å². The molecule has 5 rings (SSSR count). The molecule has 0 amide bonds. The van der Waals surface area contributed by atoms with E-state index in [-0.39, 0.29) is 5.69 Å². The Balaban J connectivity index is 1.53. The van der Waals surface area contributed by atoms with E-state index in [9.17, 15) is 4.79 Å². The number of aryl methyl sites for hydroxylation is 3. The zero-order valence-corrected chi connectivity index (χ0v) is 19.5. The van der Waals surface area contributed by atoms with E-state index in [0.717, 1.165) is 52.8 Å². The number of hydrogen-bond donors (Lipinski definition) is 1. The summed E-state index contributed by atoms with van der Waals surface area (Å²) in [4.78, 5) is 17.4. The van der Waals surface area contributed by atoms with Crippen molar-refractivity contribution in [2.45, 2.75) is 39.5 Å². The fourth-order valence-electron chi connectivity index (χ4n) is 4.34. The molecule has 0 aliphatic heterocycles. The molecule has 3 aromatic heterocycles. The molecule has 34 heavy (non-hydrogen) atoms. The third kappa shape index (κ3) is 3.89. The monoisotopic (exact) mass is 454 g/mol. The molecule has 0 aliphatic rings. The minimum Gasteiger partial charge on any atom is -0.246 e. The second kappa shape index (κ2) is 9.01. The van der Waals surface area contributed by atoms with Gasteiger partial charge >= 0.3 is 5.69 Å². The van der Waals surface area contributed by atoms with E-state index in [1.54, 1.807) is 11.4 Å². The SMILES string of the molecule is CCCCc1nc(C)n2c(=O)n(C)nc2c1Cc1ccc(-c2ccccc2-c2nn[nH]n2)cc1. The largest absolute Gasteiger partial charge is 0.351 e. The van der Waals surface area contributed by atoms with Crippen molar-refractivity contribution in [3.05, 3.63) is 81.7 Å². The molecule has 0 saturated heterocycles. The molecule has 5 aromatic rings. The fourth-order valence-corrected chi connectivity index (χ4v) is 4.34. The first kappa shape index (κ1) is 21.7. The first-order valence-electron chi connectivity index (χ1n) is 11.4. The van der Waals surface area contributed by atoms with Crippen molar-refractivity contribution in [3.8, 4) is 22.5 Å². The average Bonchev–Trinajstić information content (AvgIpc) is 3.49. The average molecular weight is 455 g/mol. The number of aromatic amines is 1. The van der Waals surface area contributed by atoms with Crippen molar-refractivity contribution < 1.29 is 0 Å². The van der Waals surface area contributed by atoms with Crippen LogP contribution in [0, 0.1) is 6.92 Å². The first-order valence-corrected chi connectivity index (χ1v) is 11.4. The molecule has 0 spiro atoms. The van der Waals surface area contributed by atoms with Gasteiger partial charge in [-0.15, -0.1) is 15.3 Å². The Hall–Kier alpha value is -4.14. The Bertz CT molecular complexity index is 1500. The van der Waals surface area contributed by atoms with Crippen LogP contribution in [0.1, 0.15) is 42.4 Å². The van der Waals surface area contributed by atoms with Crippen LogP contribution in [-0.2, 0) is 19.9 Å². The predicted octanol–water partition coefficient (Wildman–Crippen LogP) is 3.52. The minimum absolute atomic E-state index is 0.170. The number of aromatic nitrogens is 8. The van der Waals surface area contributed by atoms with Gasteiger partial charge in [0.15, 0.2) is 5.65 Å². The molecule has 1 N–H and O–H groups in total. The van der Waals surface area contributed by atoms with Gasteiger partial charge in [0.05, 0.1) is 0 Å². The van der Waals surface area contributed by atoms with Gasteiger partial charge in [-0.2, -0.15) is 5.21 Å². The zero-order chi connectivity index (χ0) is 23.7. The van der Waals surface area contributed by atoms with Crippen LogP contribution in [0.5, 0.6) is 0 Å². The maximum absolute atomic E-state index is 12.6. The van der Waals surface area contributed by atoms with E-state index in [4.69, 9.17) is 4.98 Å². The molecular formula is C25H26N8O.